The molecule has 210 valence electrons. The van der Waals surface area contributed by atoms with Crippen LogP contribution in [0.15, 0.2) is 41.5 Å². The monoisotopic (exact) mass is 562 g/mol. The first-order valence-electron chi connectivity index (χ1n) is 11.8. The van der Waals surface area contributed by atoms with Crippen LogP contribution >= 0.6 is 0 Å². The fourth-order valence-corrected chi connectivity index (χ4v) is 4.02. The first-order chi connectivity index (χ1) is 18.6. The number of carbonyl (C=O) groups is 1. The van der Waals surface area contributed by atoms with Crippen LogP contribution in [-0.4, -0.2) is 38.1 Å². The van der Waals surface area contributed by atoms with Crippen LogP contribution in [0.5, 0.6) is 11.6 Å². The molecule has 0 saturated heterocycles. The molecule has 0 atom stereocenters. The number of ether oxygens (including phenoxy) is 1. The summed E-state index contributed by atoms with van der Waals surface area (Å²) < 4.78 is 74.8. The number of halogens is 5. The number of H-pyrrole nitrogens is 1. The quantitative estimate of drug-likeness (QED) is 0.279. The Morgan fingerprint density at radius 3 is 2.45 bits per heavy atom. The summed E-state index contributed by atoms with van der Waals surface area (Å²) >= 11 is 0. The lowest BCUT2D eigenvalue weighted by atomic mass is 10.0. The van der Waals surface area contributed by atoms with Gasteiger partial charge in [-0.3, -0.25) is 14.6 Å². The van der Waals surface area contributed by atoms with Crippen LogP contribution in [0.2, 0.25) is 0 Å². The van der Waals surface area contributed by atoms with Crippen molar-refractivity contribution >= 4 is 16.8 Å². The molecule has 0 aliphatic heterocycles. The number of rotatable bonds is 6. The lowest BCUT2D eigenvalue weighted by Crippen LogP contribution is -2.46. The van der Waals surface area contributed by atoms with E-state index in [9.17, 15) is 36.6 Å². The highest BCUT2D eigenvalue weighted by Crippen LogP contribution is 2.41. The van der Waals surface area contributed by atoms with E-state index in [-0.39, 0.29) is 44.7 Å². The molecule has 0 spiro atoms. The molecule has 0 aliphatic carbocycles. The zero-order valence-electron chi connectivity index (χ0n) is 21.6. The minimum absolute atomic E-state index is 0.0659. The number of benzene rings is 1. The Kier molecular flexibility index (Phi) is 7.37. The lowest BCUT2D eigenvalue weighted by molar-refractivity contribution is -0.138. The van der Waals surface area contributed by atoms with Crippen LogP contribution < -0.4 is 15.5 Å². The van der Waals surface area contributed by atoms with Crippen LogP contribution in [0.25, 0.3) is 22.2 Å². The highest BCUT2D eigenvalue weighted by atomic mass is 19.4. The summed E-state index contributed by atoms with van der Waals surface area (Å²) in [5, 5.41) is 11.9. The van der Waals surface area contributed by atoms with Crippen molar-refractivity contribution in [2.45, 2.75) is 39.4 Å². The van der Waals surface area contributed by atoms with Gasteiger partial charge in [-0.1, -0.05) is 0 Å². The van der Waals surface area contributed by atoms with E-state index in [2.05, 4.69) is 20.3 Å². The highest BCUT2D eigenvalue weighted by Gasteiger charge is 2.35. The number of pyridine rings is 3. The molecule has 3 heterocycles. The number of nitrogens with one attached hydrogen (secondary N) is 2. The first kappa shape index (κ1) is 28.6. The number of alkyl halides is 3. The number of aromatic amines is 1. The Morgan fingerprint density at radius 1 is 1.10 bits per heavy atom. The standard InChI is InChI=1S/C27H23F5N4O4/c1-12-14(27(30,31)32)10-34-25(40-19-6-5-15(28)22(29)13(19)2)20(12)17-9-18(38)21-16(35-17)7-8-33-23(21)24(39)36-26(3,4)11-37/h5-10,37H,11H2,1-4H3,(H,35,38)(H,36,39). The Bertz CT molecular complexity index is 1700. The predicted molar refractivity (Wildman–Crippen MR) is 135 cm³/mol. The molecule has 13 heteroatoms. The maximum atomic E-state index is 14.1. The Morgan fingerprint density at radius 2 is 1.80 bits per heavy atom. The normalized spacial score (nSPS) is 12.1. The van der Waals surface area contributed by atoms with Gasteiger partial charge in [-0.25, -0.2) is 13.8 Å². The second-order valence-corrected chi connectivity index (χ2v) is 9.69. The van der Waals surface area contributed by atoms with Gasteiger partial charge in [0, 0.05) is 24.0 Å². The summed E-state index contributed by atoms with van der Waals surface area (Å²) in [7, 11) is 0. The molecular weight excluding hydrogens is 539 g/mol. The third-order valence-electron chi connectivity index (χ3n) is 6.18. The second-order valence-electron chi connectivity index (χ2n) is 9.69. The maximum Gasteiger partial charge on any atom is 0.418 e. The molecule has 0 bridgehead atoms. The number of hydrogen-bond donors (Lipinski definition) is 3. The molecule has 1 aromatic carbocycles. The van der Waals surface area contributed by atoms with E-state index in [1.54, 1.807) is 13.8 Å². The van der Waals surface area contributed by atoms with Gasteiger partial charge in [0.15, 0.2) is 17.1 Å². The minimum Gasteiger partial charge on any atom is -0.438 e. The number of aromatic nitrogens is 3. The van der Waals surface area contributed by atoms with Gasteiger partial charge in [-0.05, 0) is 51.5 Å². The summed E-state index contributed by atoms with van der Waals surface area (Å²) in [5.41, 5.74) is -4.10. The molecule has 0 fully saturated rings. The molecule has 0 radical (unpaired) electrons. The van der Waals surface area contributed by atoms with Gasteiger partial charge < -0.3 is 20.1 Å². The lowest BCUT2D eigenvalue weighted by Gasteiger charge is -2.23. The van der Waals surface area contributed by atoms with Gasteiger partial charge in [0.25, 0.3) is 5.91 Å². The van der Waals surface area contributed by atoms with Crippen LogP contribution in [0.4, 0.5) is 22.0 Å². The number of aliphatic hydroxyl groups excluding tert-OH is 1. The van der Waals surface area contributed by atoms with E-state index >= 15 is 0 Å². The molecule has 0 saturated carbocycles. The number of fused-ring (bicyclic) bond motifs is 1. The summed E-state index contributed by atoms with van der Waals surface area (Å²) in [6.07, 6.45) is -3.05. The van der Waals surface area contributed by atoms with Crippen LogP contribution in [0.1, 0.15) is 41.0 Å². The maximum absolute atomic E-state index is 14.1. The van der Waals surface area contributed by atoms with Crippen molar-refractivity contribution in [3.05, 3.63) is 80.9 Å². The van der Waals surface area contributed by atoms with E-state index in [4.69, 9.17) is 4.74 Å². The molecule has 3 aromatic heterocycles. The van der Waals surface area contributed by atoms with E-state index in [1.807, 2.05) is 0 Å². The number of amides is 1. The van der Waals surface area contributed by atoms with E-state index in [0.29, 0.717) is 6.20 Å². The Labute approximate surface area is 223 Å². The second kappa shape index (κ2) is 10.3. The van der Waals surface area contributed by atoms with Gasteiger partial charge >= 0.3 is 6.18 Å². The number of aliphatic hydroxyl groups is 1. The van der Waals surface area contributed by atoms with Crippen molar-refractivity contribution in [1.29, 1.82) is 0 Å². The average Bonchev–Trinajstić information content (AvgIpc) is 2.87. The van der Waals surface area contributed by atoms with Crippen molar-refractivity contribution in [3.8, 4) is 22.9 Å². The summed E-state index contributed by atoms with van der Waals surface area (Å²) in [5.74, 6) is -3.71. The predicted octanol–water partition coefficient (Wildman–Crippen LogP) is 5.19. The van der Waals surface area contributed by atoms with Gasteiger partial charge in [-0.15, -0.1) is 0 Å². The fraction of sp³-hybridized carbons (Fsp3) is 0.259. The van der Waals surface area contributed by atoms with Crippen molar-refractivity contribution in [1.82, 2.24) is 20.3 Å². The summed E-state index contributed by atoms with van der Waals surface area (Å²) in [6, 6.07) is 4.21. The Hall–Kier alpha value is -4.39. The number of carbonyl (C=O) groups excluding carboxylic acids is 1. The van der Waals surface area contributed by atoms with Gasteiger partial charge in [0.1, 0.15) is 11.4 Å². The van der Waals surface area contributed by atoms with E-state index in [0.717, 1.165) is 25.1 Å². The molecule has 3 N–H and O–H groups in total. The van der Waals surface area contributed by atoms with Gasteiger partial charge in [-0.2, -0.15) is 13.2 Å². The molecule has 0 aliphatic rings. The first-order valence-corrected chi connectivity index (χ1v) is 11.8. The molecular formula is C27H23F5N4O4. The molecule has 4 aromatic rings. The van der Waals surface area contributed by atoms with Crippen molar-refractivity contribution < 1.29 is 36.6 Å². The topological polar surface area (TPSA) is 117 Å². The van der Waals surface area contributed by atoms with Crippen LogP contribution in [0, 0.1) is 25.5 Å². The zero-order chi connectivity index (χ0) is 29.6. The average molecular weight is 562 g/mol. The van der Waals surface area contributed by atoms with Gasteiger partial charge in [0.05, 0.1) is 39.9 Å². The summed E-state index contributed by atoms with van der Waals surface area (Å²) in [4.78, 5) is 36.7. The largest absolute Gasteiger partial charge is 0.438 e. The van der Waals surface area contributed by atoms with Crippen molar-refractivity contribution in [2.24, 2.45) is 0 Å². The zero-order valence-corrected chi connectivity index (χ0v) is 21.6. The molecule has 40 heavy (non-hydrogen) atoms. The van der Waals surface area contributed by atoms with Crippen molar-refractivity contribution in [2.75, 3.05) is 6.61 Å². The van der Waals surface area contributed by atoms with Crippen LogP contribution in [-0.2, 0) is 6.18 Å². The number of nitrogens with zero attached hydrogens (tertiary/aromatic N) is 2. The minimum atomic E-state index is -4.81. The van der Waals surface area contributed by atoms with E-state index in [1.165, 1.54) is 19.2 Å². The molecule has 1 amide bonds. The van der Waals surface area contributed by atoms with Crippen LogP contribution in [0.3, 0.4) is 0 Å². The summed E-state index contributed by atoms with van der Waals surface area (Å²) in [6.45, 7) is 5.08. The molecule has 4 rings (SSSR count). The Balaban J connectivity index is 1.93. The number of hydrogen-bond acceptors (Lipinski definition) is 6. The van der Waals surface area contributed by atoms with E-state index < -0.39 is 52.7 Å². The smallest absolute Gasteiger partial charge is 0.418 e. The fourth-order valence-electron chi connectivity index (χ4n) is 4.02. The van der Waals surface area contributed by atoms with Crippen molar-refractivity contribution in [3.63, 3.8) is 0 Å². The third kappa shape index (κ3) is 5.37. The third-order valence-corrected chi connectivity index (χ3v) is 6.18. The highest BCUT2D eigenvalue weighted by molar-refractivity contribution is 6.04. The molecule has 0 unspecified atom stereocenters. The molecule has 8 nitrogen and oxygen atoms in total. The SMILES string of the molecule is Cc1c(Oc2ncc(C(F)(F)F)c(C)c2-c2cc(=O)c3c(C(=O)NC(C)(C)CO)nccc3[nH]2)ccc(F)c1F. The van der Waals surface area contributed by atoms with Gasteiger partial charge in [0.2, 0.25) is 5.88 Å².